The van der Waals surface area contributed by atoms with Crippen LogP contribution in [0.4, 0.5) is 0 Å². The zero-order valence-electron chi connectivity index (χ0n) is 11.1. The van der Waals surface area contributed by atoms with Crippen LogP contribution in [0.1, 0.15) is 39.3 Å². The van der Waals surface area contributed by atoms with Crippen molar-refractivity contribution in [1.82, 2.24) is 4.72 Å². The Morgan fingerprint density at radius 3 is 2.53 bits per heavy atom. The summed E-state index contributed by atoms with van der Waals surface area (Å²) in [4.78, 5) is 0. The molecule has 0 heterocycles. The molecule has 0 spiro atoms. The second kappa shape index (κ2) is 5.76. The average molecular weight is 255 g/mol. The van der Waals surface area contributed by atoms with Crippen molar-refractivity contribution in [2.45, 2.75) is 38.5 Å². The normalized spacial score (nSPS) is 15.4. The topological polar surface area (TPSA) is 44.3 Å². The lowest BCUT2D eigenvalue weighted by Gasteiger charge is -2.26. The Hall–Kier alpha value is -0.710. The Kier molecular flexibility index (Phi) is 4.86. The Labute approximate surface area is 107 Å². The highest BCUT2D eigenvalue weighted by atomic mass is 32.2. The fraction of sp³-hybridized carbons (Fsp3) is 0.538. The third-order valence-corrected chi connectivity index (χ3v) is 4.11. The third kappa shape index (κ3) is 4.22. The number of methoxy groups -OCH3 is 1. The van der Waals surface area contributed by atoms with E-state index in [0.717, 1.165) is 11.3 Å². The first-order chi connectivity index (χ1) is 7.84. The largest absolute Gasteiger partial charge is 0.598 e. The lowest BCUT2D eigenvalue weighted by Crippen LogP contribution is -2.40. The smallest absolute Gasteiger partial charge is 0.136 e. The first-order valence-electron chi connectivity index (χ1n) is 5.66. The van der Waals surface area contributed by atoms with E-state index in [0.29, 0.717) is 0 Å². The molecule has 1 aromatic carbocycles. The molecular formula is C13H21NO2S. The molecule has 0 bridgehead atoms. The standard InChI is InChI=1S/C13H21NO2S/c1-10(14-17(15)13(2,3)4)11-7-6-8-12(9-11)16-5/h6-10,14H,1-5H3/t10-,17+/m0/s1. The third-order valence-electron chi connectivity index (χ3n) is 2.43. The van der Waals surface area contributed by atoms with Crippen LogP contribution in [0.5, 0.6) is 5.75 Å². The highest BCUT2D eigenvalue weighted by Gasteiger charge is 2.28. The van der Waals surface area contributed by atoms with E-state index in [4.69, 9.17) is 4.74 Å². The second-order valence-corrected chi connectivity index (χ2v) is 7.00. The summed E-state index contributed by atoms with van der Waals surface area (Å²) in [6, 6.07) is 7.83. The van der Waals surface area contributed by atoms with Gasteiger partial charge in [0, 0.05) is 11.4 Å². The Morgan fingerprint density at radius 1 is 1.35 bits per heavy atom. The first-order valence-corrected chi connectivity index (χ1v) is 6.81. The monoisotopic (exact) mass is 255 g/mol. The van der Waals surface area contributed by atoms with Crippen molar-refractivity contribution >= 4 is 11.4 Å². The highest BCUT2D eigenvalue weighted by Crippen LogP contribution is 2.22. The van der Waals surface area contributed by atoms with Gasteiger partial charge in [0.1, 0.15) is 10.5 Å². The van der Waals surface area contributed by atoms with Gasteiger partial charge in [-0.15, -0.1) is 4.72 Å². The molecule has 0 unspecified atom stereocenters. The maximum Gasteiger partial charge on any atom is 0.136 e. The number of rotatable bonds is 4. The lowest BCUT2D eigenvalue weighted by molar-refractivity contribution is 0.413. The number of hydrogen-bond donors (Lipinski definition) is 1. The van der Waals surface area contributed by atoms with E-state index >= 15 is 0 Å². The molecule has 17 heavy (non-hydrogen) atoms. The molecule has 0 fully saturated rings. The van der Waals surface area contributed by atoms with Crippen molar-refractivity contribution in [2.24, 2.45) is 0 Å². The summed E-state index contributed by atoms with van der Waals surface area (Å²) in [6.07, 6.45) is 0. The molecule has 96 valence electrons. The minimum atomic E-state index is -1.07. The maximum absolute atomic E-state index is 12.0. The van der Waals surface area contributed by atoms with Gasteiger partial charge in [0.05, 0.1) is 13.2 Å². The molecule has 1 aromatic rings. The van der Waals surface area contributed by atoms with E-state index in [1.54, 1.807) is 7.11 Å². The number of nitrogens with one attached hydrogen (secondary N) is 1. The quantitative estimate of drug-likeness (QED) is 0.841. The number of ether oxygens (including phenoxy) is 1. The van der Waals surface area contributed by atoms with E-state index in [1.807, 2.05) is 52.0 Å². The van der Waals surface area contributed by atoms with E-state index < -0.39 is 11.4 Å². The molecule has 0 aliphatic carbocycles. The number of hydrogen-bond acceptors (Lipinski definition) is 3. The average Bonchev–Trinajstić information content (AvgIpc) is 2.27. The van der Waals surface area contributed by atoms with Crippen LogP contribution in [-0.4, -0.2) is 16.4 Å². The lowest BCUT2D eigenvalue weighted by atomic mass is 10.1. The molecule has 2 atom stereocenters. The van der Waals surface area contributed by atoms with Gasteiger partial charge in [-0.3, -0.25) is 0 Å². The fourth-order valence-corrected chi connectivity index (χ4v) is 2.13. The van der Waals surface area contributed by atoms with E-state index in [1.165, 1.54) is 0 Å². The van der Waals surface area contributed by atoms with Crippen LogP contribution in [-0.2, 0) is 11.4 Å². The SMILES string of the molecule is COc1cccc([C@H](C)N[S@+]([O-])C(C)(C)C)c1. The molecule has 0 aromatic heterocycles. The van der Waals surface area contributed by atoms with Gasteiger partial charge in [0.15, 0.2) is 0 Å². The van der Waals surface area contributed by atoms with Gasteiger partial charge in [-0.1, -0.05) is 12.1 Å². The minimum Gasteiger partial charge on any atom is -0.598 e. The molecule has 0 amide bonds. The van der Waals surface area contributed by atoms with Gasteiger partial charge in [-0.2, -0.15) is 0 Å². The van der Waals surface area contributed by atoms with Crippen molar-refractivity contribution in [2.75, 3.05) is 7.11 Å². The second-order valence-electron chi connectivity index (χ2n) is 5.00. The van der Waals surface area contributed by atoms with Crippen LogP contribution >= 0.6 is 0 Å². The molecule has 1 N–H and O–H groups in total. The molecule has 0 saturated carbocycles. The van der Waals surface area contributed by atoms with Gasteiger partial charge in [0.2, 0.25) is 0 Å². The molecule has 0 radical (unpaired) electrons. The summed E-state index contributed by atoms with van der Waals surface area (Å²) in [5, 5.41) is 0. The van der Waals surface area contributed by atoms with Gasteiger partial charge in [0.25, 0.3) is 0 Å². The summed E-state index contributed by atoms with van der Waals surface area (Å²) in [5.74, 6) is 0.817. The van der Waals surface area contributed by atoms with Gasteiger partial charge >= 0.3 is 0 Å². The predicted molar refractivity (Wildman–Crippen MR) is 72.4 cm³/mol. The summed E-state index contributed by atoms with van der Waals surface area (Å²) in [6.45, 7) is 7.86. The van der Waals surface area contributed by atoms with Crippen molar-refractivity contribution in [3.63, 3.8) is 0 Å². The van der Waals surface area contributed by atoms with E-state index in [-0.39, 0.29) is 10.8 Å². The van der Waals surface area contributed by atoms with Crippen molar-refractivity contribution in [1.29, 1.82) is 0 Å². The molecule has 1 rings (SSSR count). The van der Waals surface area contributed by atoms with Gasteiger partial charge in [-0.05, 0) is 45.4 Å². The molecule has 0 aliphatic rings. The minimum absolute atomic E-state index is 0.0326. The van der Waals surface area contributed by atoms with Crippen molar-refractivity contribution in [3.05, 3.63) is 29.8 Å². The van der Waals surface area contributed by atoms with Crippen LogP contribution < -0.4 is 9.46 Å². The van der Waals surface area contributed by atoms with E-state index in [9.17, 15) is 4.55 Å². The van der Waals surface area contributed by atoms with E-state index in [2.05, 4.69) is 4.72 Å². The summed E-state index contributed by atoms with van der Waals surface area (Å²) in [5.41, 5.74) is 1.07. The zero-order valence-corrected chi connectivity index (χ0v) is 11.9. The maximum atomic E-state index is 12.0. The Balaban J connectivity index is 2.72. The van der Waals surface area contributed by atoms with Crippen LogP contribution in [0.3, 0.4) is 0 Å². The van der Waals surface area contributed by atoms with Crippen molar-refractivity contribution < 1.29 is 9.29 Å². The molecule has 0 saturated heterocycles. The Morgan fingerprint density at radius 2 is 2.00 bits per heavy atom. The predicted octanol–water partition coefficient (Wildman–Crippen LogP) is 2.81. The molecule has 0 aliphatic heterocycles. The van der Waals surface area contributed by atoms with Crippen LogP contribution in [0.25, 0.3) is 0 Å². The Bertz CT molecular complexity index is 363. The highest BCUT2D eigenvalue weighted by molar-refractivity contribution is 7.90. The zero-order chi connectivity index (χ0) is 13.1. The summed E-state index contributed by atoms with van der Waals surface area (Å²) in [7, 11) is 1.64. The summed E-state index contributed by atoms with van der Waals surface area (Å²) < 4.78 is 20.0. The first kappa shape index (κ1) is 14.4. The van der Waals surface area contributed by atoms with Crippen LogP contribution in [0, 0.1) is 0 Å². The fourth-order valence-electron chi connectivity index (χ4n) is 1.32. The number of benzene rings is 1. The van der Waals surface area contributed by atoms with Gasteiger partial charge in [-0.25, -0.2) is 0 Å². The van der Waals surface area contributed by atoms with Crippen LogP contribution in [0.2, 0.25) is 0 Å². The van der Waals surface area contributed by atoms with Crippen molar-refractivity contribution in [3.8, 4) is 5.75 Å². The molecule has 4 heteroatoms. The molecular weight excluding hydrogens is 234 g/mol. The van der Waals surface area contributed by atoms with Crippen LogP contribution in [0.15, 0.2) is 24.3 Å². The van der Waals surface area contributed by atoms with Gasteiger partial charge < -0.3 is 9.29 Å². The molecule has 3 nitrogen and oxygen atoms in total. The summed E-state index contributed by atoms with van der Waals surface area (Å²) >= 11 is -1.07.